The second kappa shape index (κ2) is 5.44. The van der Waals surface area contributed by atoms with Crippen LogP contribution in [0.25, 0.3) is 0 Å². The van der Waals surface area contributed by atoms with Gasteiger partial charge in [-0.15, -0.1) is 0 Å². The molecule has 1 unspecified atom stereocenters. The molecule has 6 heteroatoms. The predicted molar refractivity (Wildman–Crippen MR) is 78.4 cm³/mol. The summed E-state index contributed by atoms with van der Waals surface area (Å²) in [6.45, 7) is 0. The van der Waals surface area contributed by atoms with Gasteiger partial charge in [-0.1, -0.05) is 48.5 Å². The van der Waals surface area contributed by atoms with E-state index >= 15 is 0 Å². The zero-order chi connectivity index (χ0) is 14.8. The number of hydrogen-bond acceptors (Lipinski definition) is 4. The Morgan fingerprint density at radius 3 is 2.15 bits per heavy atom. The Morgan fingerprint density at radius 2 is 1.60 bits per heavy atom. The smallest absolute Gasteiger partial charge is 0.277 e. The van der Waals surface area contributed by atoms with E-state index in [2.05, 4.69) is 0 Å². The molecular weight excluding hydrogens is 276 g/mol. The molecule has 2 aromatic rings. The van der Waals surface area contributed by atoms with Crippen LogP contribution in [-0.2, 0) is 10.1 Å². The van der Waals surface area contributed by atoms with E-state index in [0.717, 1.165) is 0 Å². The van der Waals surface area contributed by atoms with E-state index in [0.29, 0.717) is 16.8 Å². The largest absolute Gasteiger partial charge is 0.398 e. The van der Waals surface area contributed by atoms with Crippen molar-refractivity contribution in [1.29, 1.82) is 5.41 Å². The molecule has 1 atom stereocenters. The first-order valence-electron chi connectivity index (χ1n) is 5.86. The highest BCUT2D eigenvalue weighted by Gasteiger charge is 2.31. The van der Waals surface area contributed by atoms with Crippen LogP contribution < -0.4 is 5.73 Å². The van der Waals surface area contributed by atoms with E-state index in [4.69, 9.17) is 11.1 Å². The number of rotatable bonds is 4. The van der Waals surface area contributed by atoms with Crippen molar-refractivity contribution in [2.75, 3.05) is 5.73 Å². The molecular formula is C14H14N2O3S. The predicted octanol–water partition coefficient (Wildman–Crippen LogP) is 2.27. The third-order valence-corrected chi connectivity index (χ3v) is 4.02. The van der Waals surface area contributed by atoms with Crippen LogP contribution in [0.1, 0.15) is 16.4 Å². The average Bonchev–Trinajstić information content (AvgIpc) is 2.39. The Bertz CT molecular complexity index is 727. The van der Waals surface area contributed by atoms with E-state index in [1.54, 1.807) is 54.6 Å². The Kier molecular flexibility index (Phi) is 3.87. The lowest BCUT2D eigenvalue weighted by Gasteiger charge is -2.17. The van der Waals surface area contributed by atoms with Gasteiger partial charge in [0, 0.05) is 11.3 Å². The van der Waals surface area contributed by atoms with Gasteiger partial charge in [0.05, 0.1) is 5.71 Å². The quantitative estimate of drug-likeness (QED) is 0.456. The van der Waals surface area contributed by atoms with Crippen LogP contribution in [0.4, 0.5) is 5.69 Å². The fourth-order valence-electron chi connectivity index (χ4n) is 2.00. The number of nitrogens with one attached hydrogen (secondary N) is 1. The van der Waals surface area contributed by atoms with Crippen molar-refractivity contribution in [2.45, 2.75) is 5.25 Å². The highest BCUT2D eigenvalue weighted by molar-refractivity contribution is 7.86. The molecule has 0 aliphatic heterocycles. The Labute approximate surface area is 117 Å². The number of anilines is 1. The Morgan fingerprint density at radius 1 is 1.05 bits per heavy atom. The molecule has 0 aliphatic carbocycles. The number of nitrogen functional groups attached to an aromatic ring is 1. The normalized spacial score (nSPS) is 12.8. The van der Waals surface area contributed by atoms with Gasteiger partial charge in [-0.2, -0.15) is 8.42 Å². The van der Waals surface area contributed by atoms with Crippen LogP contribution >= 0.6 is 0 Å². The maximum absolute atomic E-state index is 11.6. The van der Waals surface area contributed by atoms with Crippen molar-refractivity contribution < 1.29 is 13.0 Å². The summed E-state index contributed by atoms with van der Waals surface area (Å²) in [6.07, 6.45) is 0. The van der Waals surface area contributed by atoms with Gasteiger partial charge < -0.3 is 11.1 Å². The van der Waals surface area contributed by atoms with Gasteiger partial charge in [0.1, 0.15) is 0 Å². The molecule has 0 fully saturated rings. The first-order valence-corrected chi connectivity index (χ1v) is 7.36. The minimum atomic E-state index is -4.46. The van der Waals surface area contributed by atoms with Crippen molar-refractivity contribution >= 4 is 21.5 Å². The molecule has 0 saturated carbocycles. The molecule has 4 N–H and O–H groups in total. The maximum Gasteiger partial charge on any atom is 0.277 e. The third-order valence-electron chi connectivity index (χ3n) is 2.91. The van der Waals surface area contributed by atoms with E-state index in [1.165, 1.54) is 0 Å². The van der Waals surface area contributed by atoms with Crippen LogP contribution in [-0.4, -0.2) is 18.7 Å². The molecule has 0 aromatic heterocycles. The number of nitrogens with two attached hydrogens (primary N) is 1. The molecule has 5 nitrogen and oxygen atoms in total. The summed E-state index contributed by atoms with van der Waals surface area (Å²) in [5.74, 6) is 0. The molecule has 0 heterocycles. The lowest BCUT2D eigenvalue weighted by atomic mass is 10.0. The lowest BCUT2D eigenvalue weighted by molar-refractivity contribution is 0.478. The maximum atomic E-state index is 11.6. The monoisotopic (exact) mass is 290 g/mol. The summed E-state index contributed by atoms with van der Waals surface area (Å²) in [7, 11) is -4.46. The molecule has 0 spiro atoms. The lowest BCUT2D eigenvalue weighted by Crippen LogP contribution is -2.22. The summed E-state index contributed by atoms with van der Waals surface area (Å²) in [6, 6.07) is 14.6. The SMILES string of the molecule is N=C(c1ccccc1N)C(c1ccccc1)S(=O)(=O)O. The van der Waals surface area contributed by atoms with Crippen molar-refractivity contribution in [2.24, 2.45) is 0 Å². The van der Waals surface area contributed by atoms with Gasteiger partial charge in [-0.05, 0) is 11.6 Å². The fraction of sp³-hybridized carbons (Fsp3) is 0.0714. The van der Waals surface area contributed by atoms with Crippen molar-refractivity contribution in [3.63, 3.8) is 0 Å². The molecule has 0 aliphatic rings. The van der Waals surface area contributed by atoms with Crippen LogP contribution in [0.15, 0.2) is 54.6 Å². The first-order chi connectivity index (χ1) is 9.41. The zero-order valence-corrected chi connectivity index (χ0v) is 11.3. The number of benzene rings is 2. The third kappa shape index (κ3) is 2.87. The van der Waals surface area contributed by atoms with Gasteiger partial charge in [-0.25, -0.2) is 0 Å². The zero-order valence-electron chi connectivity index (χ0n) is 10.5. The number of para-hydroxylation sites is 1. The van der Waals surface area contributed by atoms with Crippen molar-refractivity contribution in [3.05, 3.63) is 65.7 Å². The minimum Gasteiger partial charge on any atom is -0.398 e. The van der Waals surface area contributed by atoms with Gasteiger partial charge >= 0.3 is 0 Å². The van der Waals surface area contributed by atoms with E-state index in [9.17, 15) is 13.0 Å². The van der Waals surface area contributed by atoms with Crippen LogP contribution in [0.5, 0.6) is 0 Å². The average molecular weight is 290 g/mol. The fourth-order valence-corrected chi connectivity index (χ4v) is 2.92. The first kappa shape index (κ1) is 14.2. The van der Waals surface area contributed by atoms with Gasteiger partial charge in [-0.3, -0.25) is 4.55 Å². The van der Waals surface area contributed by atoms with Crippen molar-refractivity contribution in [3.8, 4) is 0 Å². The second-order valence-electron chi connectivity index (χ2n) is 4.31. The van der Waals surface area contributed by atoms with Crippen LogP contribution in [0.3, 0.4) is 0 Å². The molecule has 2 rings (SSSR count). The van der Waals surface area contributed by atoms with Crippen molar-refractivity contribution in [1.82, 2.24) is 0 Å². The molecule has 2 aromatic carbocycles. The molecule has 0 amide bonds. The molecule has 20 heavy (non-hydrogen) atoms. The van der Waals surface area contributed by atoms with Gasteiger partial charge in [0.25, 0.3) is 10.1 Å². The van der Waals surface area contributed by atoms with E-state index in [-0.39, 0.29) is 5.71 Å². The summed E-state index contributed by atoms with van der Waals surface area (Å²) >= 11 is 0. The van der Waals surface area contributed by atoms with Gasteiger partial charge in [0.2, 0.25) is 0 Å². The van der Waals surface area contributed by atoms with E-state index in [1.807, 2.05) is 0 Å². The summed E-state index contributed by atoms with van der Waals surface area (Å²) in [4.78, 5) is 0. The minimum absolute atomic E-state index is 0.253. The number of hydrogen-bond donors (Lipinski definition) is 3. The highest BCUT2D eigenvalue weighted by Crippen LogP contribution is 2.27. The Hall–Kier alpha value is -2.18. The summed E-state index contributed by atoms with van der Waals surface area (Å²) < 4.78 is 32.7. The van der Waals surface area contributed by atoms with Gasteiger partial charge in [0.15, 0.2) is 5.25 Å². The molecule has 104 valence electrons. The molecule has 0 saturated heterocycles. The van der Waals surface area contributed by atoms with E-state index < -0.39 is 15.4 Å². The molecule has 0 bridgehead atoms. The summed E-state index contributed by atoms with van der Waals surface area (Å²) in [5, 5.41) is 6.65. The van der Waals surface area contributed by atoms with Crippen LogP contribution in [0.2, 0.25) is 0 Å². The Balaban J connectivity index is 2.55. The second-order valence-corrected chi connectivity index (χ2v) is 5.81. The summed E-state index contributed by atoms with van der Waals surface area (Å²) in [5.41, 5.74) is 6.42. The highest BCUT2D eigenvalue weighted by atomic mass is 32.2. The topological polar surface area (TPSA) is 104 Å². The van der Waals surface area contributed by atoms with Crippen LogP contribution in [0, 0.1) is 5.41 Å². The standard InChI is InChI=1S/C14H14N2O3S/c15-12-9-5-4-8-11(12)13(16)14(20(17,18)19)10-6-2-1-3-7-10/h1-9,14,16H,15H2,(H,17,18,19). The molecule has 0 radical (unpaired) electrons.